The molecule has 1 aliphatic rings. The molecular weight excluding hydrogens is 322 g/mol. The maximum atomic E-state index is 12.8. The first-order valence-electron chi connectivity index (χ1n) is 8.31. The zero-order chi connectivity index (χ0) is 17.2. The summed E-state index contributed by atoms with van der Waals surface area (Å²) in [5.74, 6) is 0.759. The van der Waals surface area contributed by atoms with Crippen molar-refractivity contribution in [2.45, 2.75) is 43.5 Å². The largest absolute Gasteiger partial charge is 0.497 e. The molecule has 0 heterocycles. The Bertz CT molecular complexity index is 813. The number of rotatable bonds is 6. The predicted octanol–water partition coefficient (Wildman–Crippen LogP) is 3.61. The number of hydrogen-bond donors (Lipinski definition) is 1. The zero-order valence-electron chi connectivity index (χ0n) is 14.1. The van der Waals surface area contributed by atoms with Crippen LogP contribution in [0.3, 0.4) is 0 Å². The van der Waals surface area contributed by atoms with Crippen LogP contribution < -0.4 is 9.46 Å². The Morgan fingerprint density at radius 2 is 1.79 bits per heavy atom. The van der Waals surface area contributed by atoms with Gasteiger partial charge in [0.2, 0.25) is 10.0 Å². The fraction of sp³-hybridized carbons (Fsp3) is 0.368. The molecule has 0 amide bonds. The second-order valence-corrected chi connectivity index (χ2v) is 7.85. The number of hydrogen-bond acceptors (Lipinski definition) is 3. The van der Waals surface area contributed by atoms with Crippen molar-refractivity contribution >= 4 is 10.0 Å². The molecule has 0 saturated heterocycles. The highest BCUT2D eigenvalue weighted by atomic mass is 32.2. The lowest BCUT2D eigenvalue weighted by molar-refractivity contribution is 0.414. The average Bonchev–Trinajstić information content (AvgIpc) is 3.07. The van der Waals surface area contributed by atoms with E-state index in [9.17, 15) is 8.42 Å². The van der Waals surface area contributed by atoms with Gasteiger partial charge in [-0.2, -0.15) is 0 Å². The Morgan fingerprint density at radius 1 is 1.08 bits per heavy atom. The molecule has 1 atom stereocenters. The normalized spacial score (nSPS) is 15.1. The Kier molecular flexibility index (Phi) is 4.92. The van der Waals surface area contributed by atoms with Gasteiger partial charge in [0.25, 0.3) is 0 Å². The third-order valence-electron chi connectivity index (χ3n) is 4.60. The molecule has 0 aromatic heterocycles. The second kappa shape index (κ2) is 6.95. The van der Waals surface area contributed by atoms with Gasteiger partial charge in [-0.1, -0.05) is 25.1 Å². The topological polar surface area (TPSA) is 55.4 Å². The Balaban J connectivity index is 1.83. The quantitative estimate of drug-likeness (QED) is 0.870. The molecule has 1 aliphatic carbocycles. The molecule has 0 saturated carbocycles. The smallest absolute Gasteiger partial charge is 0.241 e. The molecule has 5 heteroatoms. The van der Waals surface area contributed by atoms with Gasteiger partial charge in [-0.3, -0.25) is 0 Å². The minimum atomic E-state index is -3.54. The van der Waals surface area contributed by atoms with Crippen LogP contribution in [-0.4, -0.2) is 15.5 Å². The molecular formula is C19H23NO3S. The van der Waals surface area contributed by atoms with Crippen molar-refractivity contribution in [2.75, 3.05) is 7.11 Å². The van der Waals surface area contributed by atoms with Crippen molar-refractivity contribution in [1.82, 2.24) is 4.72 Å². The van der Waals surface area contributed by atoms with E-state index in [1.807, 2.05) is 43.3 Å². The van der Waals surface area contributed by atoms with E-state index in [-0.39, 0.29) is 6.04 Å². The van der Waals surface area contributed by atoms with Crippen LogP contribution in [0.15, 0.2) is 47.4 Å². The van der Waals surface area contributed by atoms with Gasteiger partial charge >= 0.3 is 0 Å². The van der Waals surface area contributed by atoms with Crippen LogP contribution in [0.25, 0.3) is 0 Å². The summed E-state index contributed by atoms with van der Waals surface area (Å²) in [7, 11) is -1.92. The first-order chi connectivity index (χ1) is 11.5. The van der Waals surface area contributed by atoms with Gasteiger partial charge in [-0.25, -0.2) is 13.1 Å². The van der Waals surface area contributed by atoms with E-state index < -0.39 is 10.0 Å². The second-order valence-electron chi connectivity index (χ2n) is 6.14. The van der Waals surface area contributed by atoms with Crippen molar-refractivity contribution in [2.24, 2.45) is 0 Å². The third-order valence-corrected chi connectivity index (χ3v) is 6.07. The highest BCUT2D eigenvalue weighted by molar-refractivity contribution is 7.89. The standard InChI is InChI=1S/C19H23NO3S/c1-3-19(15-7-10-17(23-2)11-8-15)20-24(21,22)18-12-9-14-5-4-6-16(14)13-18/h7-13,19-20H,3-6H2,1-2H3. The van der Waals surface area contributed by atoms with Crippen molar-refractivity contribution < 1.29 is 13.2 Å². The van der Waals surface area contributed by atoms with Gasteiger partial charge in [0.05, 0.1) is 12.0 Å². The Labute approximate surface area is 143 Å². The van der Waals surface area contributed by atoms with Crippen LogP contribution in [0, 0.1) is 0 Å². The Hall–Kier alpha value is -1.85. The lowest BCUT2D eigenvalue weighted by Crippen LogP contribution is -2.28. The van der Waals surface area contributed by atoms with Crippen molar-refractivity contribution in [3.63, 3.8) is 0 Å². The fourth-order valence-electron chi connectivity index (χ4n) is 3.19. The van der Waals surface area contributed by atoms with Crippen LogP contribution >= 0.6 is 0 Å². The molecule has 1 unspecified atom stereocenters. The van der Waals surface area contributed by atoms with Crippen molar-refractivity contribution in [3.05, 3.63) is 59.2 Å². The van der Waals surface area contributed by atoms with E-state index >= 15 is 0 Å². The van der Waals surface area contributed by atoms with Gasteiger partial charge in [0.15, 0.2) is 0 Å². The molecule has 24 heavy (non-hydrogen) atoms. The summed E-state index contributed by atoms with van der Waals surface area (Å²) in [6.45, 7) is 1.97. The minimum absolute atomic E-state index is 0.255. The molecule has 1 N–H and O–H groups in total. The van der Waals surface area contributed by atoms with Crippen LogP contribution in [0.1, 0.15) is 42.5 Å². The molecule has 0 aliphatic heterocycles. The molecule has 2 aromatic rings. The van der Waals surface area contributed by atoms with Crippen molar-refractivity contribution in [1.29, 1.82) is 0 Å². The molecule has 4 nitrogen and oxygen atoms in total. The van der Waals surface area contributed by atoms with Crippen LogP contribution in [-0.2, 0) is 22.9 Å². The predicted molar refractivity (Wildman–Crippen MR) is 94.8 cm³/mol. The van der Waals surface area contributed by atoms with Crippen molar-refractivity contribution in [3.8, 4) is 5.75 Å². The molecule has 0 spiro atoms. The Morgan fingerprint density at radius 3 is 2.46 bits per heavy atom. The summed E-state index contributed by atoms with van der Waals surface area (Å²) in [5.41, 5.74) is 3.37. The number of ether oxygens (including phenoxy) is 1. The molecule has 0 fully saturated rings. The van der Waals surface area contributed by atoms with Gasteiger partial charge < -0.3 is 4.74 Å². The number of methoxy groups -OCH3 is 1. The van der Waals surface area contributed by atoms with Gasteiger partial charge in [0, 0.05) is 6.04 Å². The summed E-state index contributed by atoms with van der Waals surface area (Å²) < 4.78 is 33.5. The minimum Gasteiger partial charge on any atom is -0.497 e. The third kappa shape index (κ3) is 3.47. The lowest BCUT2D eigenvalue weighted by Gasteiger charge is -2.18. The van der Waals surface area contributed by atoms with E-state index in [4.69, 9.17) is 4.74 Å². The summed E-state index contributed by atoms with van der Waals surface area (Å²) in [6.07, 6.45) is 3.80. The highest BCUT2D eigenvalue weighted by Gasteiger charge is 2.22. The number of aryl methyl sites for hydroxylation is 2. The maximum Gasteiger partial charge on any atom is 0.241 e. The number of fused-ring (bicyclic) bond motifs is 1. The highest BCUT2D eigenvalue weighted by Crippen LogP contribution is 2.26. The van der Waals surface area contributed by atoms with E-state index in [1.165, 1.54) is 5.56 Å². The average molecular weight is 345 g/mol. The molecule has 2 aromatic carbocycles. The molecule has 3 rings (SSSR count). The molecule has 0 radical (unpaired) electrons. The summed E-state index contributed by atoms with van der Waals surface area (Å²) >= 11 is 0. The van der Waals surface area contributed by atoms with Gasteiger partial charge in [-0.05, 0) is 66.6 Å². The first kappa shape index (κ1) is 17.0. The van der Waals surface area contributed by atoms with E-state index in [1.54, 1.807) is 13.2 Å². The SMILES string of the molecule is CCC(NS(=O)(=O)c1ccc2c(c1)CCC2)c1ccc(OC)cc1. The maximum absolute atomic E-state index is 12.8. The van der Waals surface area contributed by atoms with Gasteiger partial charge in [-0.15, -0.1) is 0 Å². The van der Waals surface area contributed by atoms with E-state index in [2.05, 4.69) is 4.72 Å². The number of nitrogens with one attached hydrogen (secondary N) is 1. The summed E-state index contributed by atoms with van der Waals surface area (Å²) in [5, 5.41) is 0. The van der Waals surface area contributed by atoms with Crippen LogP contribution in [0.2, 0.25) is 0 Å². The fourth-order valence-corrected chi connectivity index (χ4v) is 4.55. The zero-order valence-corrected chi connectivity index (χ0v) is 14.9. The van der Waals surface area contributed by atoms with Gasteiger partial charge in [0.1, 0.15) is 5.75 Å². The van der Waals surface area contributed by atoms with Crippen LogP contribution in [0.5, 0.6) is 5.75 Å². The van der Waals surface area contributed by atoms with E-state index in [0.29, 0.717) is 11.3 Å². The number of sulfonamides is 1. The summed E-state index contributed by atoms with van der Waals surface area (Å²) in [6, 6.07) is 12.7. The number of benzene rings is 2. The monoisotopic (exact) mass is 345 g/mol. The van der Waals surface area contributed by atoms with E-state index in [0.717, 1.165) is 36.1 Å². The van der Waals surface area contributed by atoms with Crippen LogP contribution in [0.4, 0.5) is 0 Å². The molecule has 0 bridgehead atoms. The lowest BCUT2D eigenvalue weighted by atomic mass is 10.1. The first-order valence-corrected chi connectivity index (χ1v) is 9.80. The molecule has 128 valence electrons. The summed E-state index contributed by atoms with van der Waals surface area (Å²) in [4.78, 5) is 0.357.